The topological polar surface area (TPSA) is 26.0 Å². The van der Waals surface area contributed by atoms with Crippen molar-refractivity contribution < 1.29 is 0 Å². The van der Waals surface area contributed by atoms with Gasteiger partial charge in [-0.25, -0.2) is 0 Å². The Bertz CT molecular complexity index is 251. The molecule has 2 N–H and O–H groups in total. The molecule has 0 aliphatic carbocycles. The third kappa shape index (κ3) is 5.21. The van der Waals surface area contributed by atoms with E-state index in [1.165, 1.54) is 11.1 Å². The Morgan fingerprint density at radius 2 is 1.85 bits per heavy atom. The van der Waals surface area contributed by atoms with Crippen LogP contribution in [0.4, 0.5) is 0 Å². The van der Waals surface area contributed by atoms with Gasteiger partial charge in [0.05, 0.1) is 0 Å². The Morgan fingerprint density at radius 1 is 1.31 bits per heavy atom. The summed E-state index contributed by atoms with van der Waals surface area (Å²) in [6, 6.07) is 8.36. The lowest BCUT2D eigenvalue weighted by Gasteiger charge is -1.96. The minimum absolute atomic E-state index is 0.750. The third-order valence-corrected chi connectivity index (χ3v) is 1.53. The minimum atomic E-state index is 0.750. The molecule has 0 spiro atoms. The van der Waals surface area contributed by atoms with Crippen LogP contribution in [0.3, 0.4) is 0 Å². The molecule has 1 rings (SSSR count). The predicted octanol–water partition coefficient (Wildman–Crippen LogP) is 2.99. The highest BCUT2D eigenvalue weighted by Crippen LogP contribution is 2.07. The van der Waals surface area contributed by atoms with Gasteiger partial charge in [0.15, 0.2) is 0 Å². The van der Waals surface area contributed by atoms with Gasteiger partial charge in [0.25, 0.3) is 0 Å². The predicted molar refractivity (Wildman–Crippen MR) is 60.6 cm³/mol. The summed E-state index contributed by atoms with van der Waals surface area (Å²) >= 11 is 0. The maximum absolute atomic E-state index is 4.85. The molecule has 0 bridgehead atoms. The molecule has 0 unspecified atom stereocenters. The molecule has 1 aromatic carbocycles. The van der Waals surface area contributed by atoms with E-state index in [4.69, 9.17) is 5.73 Å². The van der Waals surface area contributed by atoms with Gasteiger partial charge in [-0.3, -0.25) is 0 Å². The maximum atomic E-state index is 4.85. The maximum Gasteiger partial charge on any atom is -0.0106 e. The fraction of sp³-hybridized carbons (Fsp3) is 0.333. The second-order valence-electron chi connectivity index (χ2n) is 2.76. The molecule has 72 valence electrons. The van der Waals surface area contributed by atoms with Crippen LogP contribution < -0.4 is 5.73 Å². The molecule has 0 heterocycles. The second-order valence-corrected chi connectivity index (χ2v) is 2.76. The molecule has 0 aliphatic rings. The van der Waals surface area contributed by atoms with Crippen molar-refractivity contribution in [3.05, 3.63) is 41.5 Å². The van der Waals surface area contributed by atoms with Crippen LogP contribution in [0.1, 0.15) is 25.0 Å². The molecule has 13 heavy (non-hydrogen) atoms. The number of aryl methyl sites for hydroxylation is 1. The van der Waals surface area contributed by atoms with Crippen LogP contribution in [0.2, 0.25) is 0 Å². The Kier molecular flexibility index (Phi) is 6.93. The number of nitrogens with two attached hydrogens (primary N) is 1. The van der Waals surface area contributed by atoms with E-state index in [1.807, 2.05) is 13.8 Å². The molecule has 0 radical (unpaired) electrons. The van der Waals surface area contributed by atoms with E-state index >= 15 is 0 Å². The molecule has 0 aromatic heterocycles. The zero-order chi connectivity index (χ0) is 10.1. The SMILES string of the molecule is C/C=C\c1ccccc1C.CCN. The van der Waals surface area contributed by atoms with Crippen LogP contribution in [-0.4, -0.2) is 6.54 Å². The normalized spacial score (nSPS) is 9.54. The summed E-state index contributed by atoms with van der Waals surface area (Å²) in [6.07, 6.45) is 4.18. The number of hydrogen-bond acceptors (Lipinski definition) is 1. The zero-order valence-corrected chi connectivity index (χ0v) is 8.75. The van der Waals surface area contributed by atoms with Crippen LogP contribution in [-0.2, 0) is 0 Å². The van der Waals surface area contributed by atoms with E-state index in [2.05, 4.69) is 43.3 Å². The van der Waals surface area contributed by atoms with E-state index in [0.29, 0.717) is 0 Å². The van der Waals surface area contributed by atoms with Gasteiger partial charge >= 0.3 is 0 Å². The molecule has 0 saturated heterocycles. The quantitative estimate of drug-likeness (QED) is 0.701. The first kappa shape index (κ1) is 11.9. The average molecular weight is 177 g/mol. The van der Waals surface area contributed by atoms with Crippen LogP contribution in [0, 0.1) is 6.92 Å². The van der Waals surface area contributed by atoms with Crippen LogP contribution >= 0.6 is 0 Å². The summed E-state index contributed by atoms with van der Waals surface area (Å²) in [5.41, 5.74) is 7.49. The van der Waals surface area contributed by atoms with Gasteiger partial charge in [-0.05, 0) is 31.5 Å². The zero-order valence-electron chi connectivity index (χ0n) is 8.75. The Balaban J connectivity index is 0.000000424. The van der Waals surface area contributed by atoms with Crippen LogP contribution in [0.25, 0.3) is 6.08 Å². The molecule has 0 aliphatic heterocycles. The van der Waals surface area contributed by atoms with Gasteiger partial charge in [-0.15, -0.1) is 0 Å². The van der Waals surface area contributed by atoms with E-state index in [9.17, 15) is 0 Å². The number of allylic oxidation sites excluding steroid dienone is 1. The third-order valence-electron chi connectivity index (χ3n) is 1.53. The van der Waals surface area contributed by atoms with Crippen LogP contribution in [0.15, 0.2) is 30.3 Å². The van der Waals surface area contributed by atoms with Crippen molar-refractivity contribution in [2.75, 3.05) is 6.54 Å². The molecule has 1 heteroatoms. The van der Waals surface area contributed by atoms with Crippen molar-refractivity contribution in [3.63, 3.8) is 0 Å². The Hall–Kier alpha value is -1.08. The first-order valence-corrected chi connectivity index (χ1v) is 4.64. The number of hydrogen-bond donors (Lipinski definition) is 1. The summed E-state index contributed by atoms with van der Waals surface area (Å²) in [5.74, 6) is 0. The molecular formula is C12H19N. The highest BCUT2D eigenvalue weighted by Gasteiger charge is 1.87. The Morgan fingerprint density at radius 3 is 2.31 bits per heavy atom. The fourth-order valence-corrected chi connectivity index (χ4v) is 0.953. The first-order chi connectivity index (χ1) is 6.26. The molecule has 0 saturated carbocycles. The van der Waals surface area contributed by atoms with Crippen molar-refractivity contribution in [2.24, 2.45) is 5.73 Å². The van der Waals surface area contributed by atoms with Crippen molar-refractivity contribution in [2.45, 2.75) is 20.8 Å². The van der Waals surface area contributed by atoms with Gasteiger partial charge in [-0.2, -0.15) is 0 Å². The Labute approximate surface area is 81.3 Å². The van der Waals surface area contributed by atoms with Crippen molar-refractivity contribution in [3.8, 4) is 0 Å². The van der Waals surface area contributed by atoms with Gasteiger partial charge in [0.2, 0.25) is 0 Å². The molecule has 0 atom stereocenters. The lowest BCUT2D eigenvalue weighted by Crippen LogP contribution is -1.87. The summed E-state index contributed by atoms with van der Waals surface area (Å²) in [6.45, 7) is 6.81. The second kappa shape index (κ2) is 7.56. The number of rotatable bonds is 1. The van der Waals surface area contributed by atoms with E-state index in [1.54, 1.807) is 0 Å². The standard InChI is InChI=1S/C10H12.C2H7N/c1-3-6-10-8-5-4-7-9(10)2;1-2-3/h3-8H,1-2H3;2-3H2,1H3/b6-3-;. The van der Waals surface area contributed by atoms with Crippen molar-refractivity contribution >= 4 is 6.08 Å². The molecule has 0 amide bonds. The van der Waals surface area contributed by atoms with E-state index < -0.39 is 0 Å². The fourth-order valence-electron chi connectivity index (χ4n) is 0.953. The van der Waals surface area contributed by atoms with Crippen molar-refractivity contribution in [1.29, 1.82) is 0 Å². The van der Waals surface area contributed by atoms with E-state index in [-0.39, 0.29) is 0 Å². The largest absolute Gasteiger partial charge is 0.331 e. The average Bonchev–Trinajstić information content (AvgIpc) is 2.11. The van der Waals surface area contributed by atoms with E-state index in [0.717, 1.165) is 6.54 Å². The number of benzene rings is 1. The highest BCUT2D eigenvalue weighted by molar-refractivity contribution is 5.52. The summed E-state index contributed by atoms with van der Waals surface area (Å²) in [5, 5.41) is 0. The lowest BCUT2D eigenvalue weighted by atomic mass is 10.1. The monoisotopic (exact) mass is 177 g/mol. The minimum Gasteiger partial charge on any atom is -0.331 e. The first-order valence-electron chi connectivity index (χ1n) is 4.64. The molecule has 1 nitrogen and oxygen atoms in total. The molecule has 0 fully saturated rings. The van der Waals surface area contributed by atoms with Gasteiger partial charge in [0, 0.05) is 0 Å². The van der Waals surface area contributed by atoms with Gasteiger partial charge in [-0.1, -0.05) is 43.3 Å². The highest BCUT2D eigenvalue weighted by atomic mass is 14.5. The summed E-state index contributed by atoms with van der Waals surface area (Å²) < 4.78 is 0. The smallest absolute Gasteiger partial charge is 0.0106 e. The van der Waals surface area contributed by atoms with Crippen LogP contribution in [0.5, 0.6) is 0 Å². The summed E-state index contributed by atoms with van der Waals surface area (Å²) in [7, 11) is 0. The molecule has 1 aromatic rings. The van der Waals surface area contributed by atoms with Gasteiger partial charge < -0.3 is 5.73 Å². The van der Waals surface area contributed by atoms with Crippen molar-refractivity contribution in [1.82, 2.24) is 0 Å². The van der Waals surface area contributed by atoms with Gasteiger partial charge in [0.1, 0.15) is 0 Å². The summed E-state index contributed by atoms with van der Waals surface area (Å²) in [4.78, 5) is 0. The lowest BCUT2D eigenvalue weighted by molar-refractivity contribution is 1.14. The molecular weight excluding hydrogens is 158 g/mol.